The fourth-order valence-electron chi connectivity index (χ4n) is 2.66. The largest absolute Gasteiger partial charge is 0.392 e. The molecule has 2 aliphatic heterocycles. The summed E-state index contributed by atoms with van der Waals surface area (Å²) in [6.07, 6.45) is 0. The third-order valence-corrected chi connectivity index (χ3v) is 4.94. The van der Waals surface area contributed by atoms with Crippen molar-refractivity contribution in [3.8, 4) is 0 Å². The third kappa shape index (κ3) is 3.33. The number of morpholine rings is 1. The number of amides is 2. The van der Waals surface area contributed by atoms with Crippen LogP contribution in [0.25, 0.3) is 0 Å². The molecule has 21 heavy (non-hydrogen) atoms. The van der Waals surface area contributed by atoms with Crippen molar-refractivity contribution in [1.29, 1.82) is 0 Å². The third-order valence-electron chi connectivity index (χ3n) is 3.84. The van der Waals surface area contributed by atoms with Gasteiger partial charge in [0.1, 0.15) is 0 Å². The van der Waals surface area contributed by atoms with Crippen LogP contribution in [-0.2, 0) is 17.9 Å². The molecular formula is C15H20N2O3S. The lowest BCUT2D eigenvalue weighted by Gasteiger charge is -2.32. The first-order valence-corrected chi connectivity index (χ1v) is 8.23. The number of ether oxygens (including phenoxy) is 1. The van der Waals surface area contributed by atoms with E-state index >= 15 is 0 Å². The minimum atomic E-state index is 0.0371. The van der Waals surface area contributed by atoms with E-state index in [0.29, 0.717) is 32.8 Å². The van der Waals surface area contributed by atoms with Crippen molar-refractivity contribution < 1.29 is 14.6 Å². The van der Waals surface area contributed by atoms with Gasteiger partial charge < -0.3 is 19.6 Å². The molecule has 1 N–H and O–H groups in total. The number of benzene rings is 1. The van der Waals surface area contributed by atoms with Gasteiger partial charge in [-0.2, -0.15) is 0 Å². The zero-order valence-electron chi connectivity index (χ0n) is 12.0. The highest BCUT2D eigenvalue weighted by Gasteiger charge is 2.25. The van der Waals surface area contributed by atoms with Crippen LogP contribution in [-0.4, -0.2) is 59.5 Å². The molecule has 1 fully saturated rings. The van der Waals surface area contributed by atoms with E-state index in [2.05, 4.69) is 0 Å². The van der Waals surface area contributed by atoms with Gasteiger partial charge in [0.05, 0.1) is 19.8 Å². The van der Waals surface area contributed by atoms with Crippen LogP contribution in [0.15, 0.2) is 23.1 Å². The van der Waals surface area contributed by atoms with Gasteiger partial charge in [-0.1, -0.05) is 12.1 Å². The number of aliphatic hydroxyl groups is 1. The first kappa shape index (κ1) is 14.7. The summed E-state index contributed by atoms with van der Waals surface area (Å²) in [5, 5.41) is 9.28. The maximum atomic E-state index is 12.6. The molecule has 114 valence electrons. The van der Waals surface area contributed by atoms with E-state index in [4.69, 9.17) is 4.74 Å². The van der Waals surface area contributed by atoms with E-state index in [0.717, 1.165) is 23.4 Å². The normalized spacial score (nSPS) is 19.1. The fourth-order valence-corrected chi connectivity index (χ4v) is 3.67. The van der Waals surface area contributed by atoms with Gasteiger partial charge in [0.2, 0.25) is 0 Å². The van der Waals surface area contributed by atoms with Crippen molar-refractivity contribution in [1.82, 2.24) is 9.80 Å². The van der Waals surface area contributed by atoms with Crippen LogP contribution in [0.4, 0.5) is 4.79 Å². The number of nitrogens with zero attached hydrogens (tertiary/aromatic N) is 2. The Labute approximate surface area is 128 Å². The maximum Gasteiger partial charge on any atom is 0.320 e. The van der Waals surface area contributed by atoms with Crippen molar-refractivity contribution in [2.45, 2.75) is 18.0 Å². The Hall–Kier alpha value is -1.24. The average Bonchev–Trinajstić information content (AvgIpc) is 2.76. The fraction of sp³-hybridized carbons (Fsp3) is 0.533. The molecule has 6 heteroatoms. The lowest BCUT2D eigenvalue weighted by atomic mass is 10.1. The van der Waals surface area contributed by atoms with E-state index in [9.17, 15) is 9.90 Å². The molecule has 5 nitrogen and oxygen atoms in total. The average molecular weight is 308 g/mol. The molecule has 1 aromatic rings. The van der Waals surface area contributed by atoms with E-state index < -0.39 is 0 Å². The summed E-state index contributed by atoms with van der Waals surface area (Å²) in [7, 11) is 0. The van der Waals surface area contributed by atoms with Crippen molar-refractivity contribution in [3.63, 3.8) is 0 Å². The molecule has 0 aliphatic carbocycles. The van der Waals surface area contributed by atoms with Gasteiger partial charge in [-0.05, 0) is 17.2 Å². The van der Waals surface area contributed by atoms with Crippen LogP contribution in [0.5, 0.6) is 0 Å². The minimum Gasteiger partial charge on any atom is -0.392 e. The summed E-state index contributed by atoms with van der Waals surface area (Å²) < 4.78 is 5.30. The van der Waals surface area contributed by atoms with Crippen LogP contribution >= 0.6 is 11.8 Å². The number of carbonyl (C=O) groups is 1. The second-order valence-corrected chi connectivity index (χ2v) is 6.39. The zero-order valence-corrected chi connectivity index (χ0v) is 12.8. The molecule has 0 bridgehead atoms. The number of fused-ring (bicyclic) bond motifs is 1. The molecule has 2 aliphatic rings. The number of thioether (sulfide) groups is 1. The number of rotatable bonds is 1. The summed E-state index contributed by atoms with van der Waals surface area (Å²) in [6.45, 7) is 4.00. The molecule has 0 saturated carbocycles. The van der Waals surface area contributed by atoms with Crippen molar-refractivity contribution in [2.24, 2.45) is 0 Å². The SMILES string of the molecule is O=C(N1CCOCC1)N1CCSc2ccc(CO)cc2C1. The lowest BCUT2D eigenvalue weighted by Crippen LogP contribution is -2.48. The van der Waals surface area contributed by atoms with Gasteiger partial charge in [0, 0.05) is 36.8 Å². The zero-order chi connectivity index (χ0) is 14.7. The van der Waals surface area contributed by atoms with Crippen LogP contribution in [0.3, 0.4) is 0 Å². The number of aliphatic hydroxyl groups excluding tert-OH is 1. The van der Waals surface area contributed by atoms with Crippen LogP contribution in [0.1, 0.15) is 11.1 Å². The van der Waals surface area contributed by atoms with E-state index in [1.807, 2.05) is 28.0 Å². The summed E-state index contributed by atoms with van der Waals surface area (Å²) in [6, 6.07) is 6.11. The smallest absolute Gasteiger partial charge is 0.320 e. The van der Waals surface area contributed by atoms with Gasteiger partial charge >= 0.3 is 6.03 Å². The second kappa shape index (κ2) is 6.68. The molecule has 2 heterocycles. The Morgan fingerprint density at radius 1 is 1.24 bits per heavy atom. The van der Waals surface area contributed by atoms with E-state index in [-0.39, 0.29) is 12.6 Å². The molecule has 0 radical (unpaired) electrons. The van der Waals surface area contributed by atoms with Gasteiger partial charge in [-0.25, -0.2) is 4.79 Å². The Kier molecular flexibility index (Phi) is 4.67. The van der Waals surface area contributed by atoms with Crippen LogP contribution in [0, 0.1) is 0 Å². The molecule has 0 atom stereocenters. The Morgan fingerprint density at radius 3 is 2.81 bits per heavy atom. The number of hydrogen-bond donors (Lipinski definition) is 1. The molecular weight excluding hydrogens is 288 g/mol. The van der Waals surface area contributed by atoms with Crippen molar-refractivity contribution in [3.05, 3.63) is 29.3 Å². The van der Waals surface area contributed by atoms with Gasteiger partial charge in [-0.15, -0.1) is 11.8 Å². The molecule has 1 aromatic carbocycles. The summed E-state index contributed by atoms with van der Waals surface area (Å²) in [5.41, 5.74) is 2.03. The Bertz CT molecular complexity index is 518. The Morgan fingerprint density at radius 2 is 2.05 bits per heavy atom. The van der Waals surface area contributed by atoms with Gasteiger partial charge in [0.15, 0.2) is 0 Å². The maximum absolute atomic E-state index is 12.6. The topological polar surface area (TPSA) is 53.0 Å². The van der Waals surface area contributed by atoms with Gasteiger partial charge in [-0.3, -0.25) is 0 Å². The molecule has 2 amide bonds. The number of hydrogen-bond acceptors (Lipinski definition) is 4. The first-order chi connectivity index (χ1) is 10.3. The summed E-state index contributed by atoms with van der Waals surface area (Å²) >= 11 is 1.78. The monoisotopic (exact) mass is 308 g/mol. The highest BCUT2D eigenvalue weighted by molar-refractivity contribution is 7.99. The summed E-state index contributed by atoms with van der Waals surface area (Å²) in [4.78, 5) is 17.6. The summed E-state index contributed by atoms with van der Waals surface area (Å²) in [5.74, 6) is 0.904. The standard InChI is InChI=1S/C15H20N2O3S/c18-11-12-1-2-14-13(9-12)10-17(5-8-21-14)15(19)16-3-6-20-7-4-16/h1-2,9,18H,3-8,10-11H2. The molecule has 1 saturated heterocycles. The van der Waals surface area contributed by atoms with Crippen LogP contribution in [0.2, 0.25) is 0 Å². The molecule has 0 aromatic heterocycles. The lowest BCUT2D eigenvalue weighted by molar-refractivity contribution is 0.0432. The van der Waals surface area contributed by atoms with E-state index in [1.54, 1.807) is 11.8 Å². The minimum absolute atomic E-state index is 0.0371. The Balaban J connectivity index is 1.76. The predicted molar refractivity (Wildman–Crippen MR) is 81.3 cm³/mol. The van der Waals surface area contributed by atoms with Crippen molar-refractivity contribution in [2.75, 3.05) is 38.6 Å². The molecule has 0 unspecified atom stereocenters. The highest BCUT2D eigenvalue weighted by atomic mass is 32.2. The number of urea groups is 1. The second-order valence-electron chi connectivity index (χ2n) is 5.25. The quantitative estimate of drug-likeness (QED) is 0.855. The predicted octanol–water partition coefficient (Wildman–Crippen LogP) is 1.54. The van der Waals surface area contributed by atoms with Crippen molar-refractivity contribution >= 4 is 17.8 Å². The van der Waals surface area contributed by atoms with E-state index in [1.165, 1.54) is 4.90 Å². The first-order valence-electron chi connectivity index (χ1n) is 7.25. The number of carbonyl (C=O) groups excluding carboxylic acids is 1. The molecule has 0 spiro atoms. The highest BCUT2D eigenvalue weighted by Crippen LogP contribution is 2.28. The van der Waals surface area contributed by atoms with Crippen LogP contribution < -0.4 is 0 Å². The van der Waals surface area contributed by atoms with Gasteiger partial charge in [0.25, 0.3) is 0 Å². The molecule has 3 rings (SSSR count).